The van der Waals surface area contributed by atoms with Gasteiger partial charge in [-0.1, -0.05) is 5.11 Å². The second kappa shape index (κ2) is 6.23. The minimum Gasteiger partial charge on any atom is -0.381 e. The Labute approximate surface area is 82.2 Å². The second-order valence-corrected chi connectivity index (χ2v) is 3.13. The molecule has 14 heavy (non-hydrogen) atoms. The zero-order valence-corrected chi connectivity index (χ0v) is 7.98. The molecule has 1 aliphatic heterocycles. The first-order valence-corrected chi connectivity index (χ1v) is 4.71. The summed E-state index contributed by atoms with van der Waals surface area (Å²) in [5, 5.41) is 6.06. The number of rotatable bonds is 4. The van der Waals surface area contributed by atoms with Gasteiger partial charge >= 0.3 is 0 Å². The third kappa shape index (κ3) is 3.64. The number of ether oxygens (including phenoxy) is 1. The molecule has 1 aliphatic rings. The highest BCUT2D eigenvalue weighted by Gasteiger charge is 2.20. The molecule has 0 aromatic heterocycles. The van der Waals surface area contributed by atoms with Crippen molar-refractivity contribution in [1.29, 1.82) is 0 Å². The van der Waals surface area contributed by atoms with Gasteiger partial charge in [-0.25, -0.2) is 0 Å². The van der Waals surface area contributed by atoms with E-state index in [1.165, 1.54) is 0 Å². The monoisotopic (exact) mass is 198 g/mol. The van der Waals surface area contributed by atoms with E-state index in [0.717, 1.165) is 12.8 Å². The summed E-state index contributed by atoms with van der Waals surface area (Å²) in [6.45, 7) is 2.05. The number of hydrogen-bond donors (Lipinski definition) is 1. The molecule has 0 aliphatic carbocycles. The molecule has 1 N–H and O–H groups in total. The fourth-order valence-electron chi connectivity index (χ4n) is 1.38. The van der Waals surface area contributed by atoms with E-state index in [-0.39, 0.29) is 11.8 Å². The molecule has 0 aromatic carbocycles. The summed E-state index contributed by atoms with van der Waals surface area (Å²) in [4.78, 5) is 14.1. The Balaban J connectivity index is 2.16. The molecule has 0 aromatic rings. The molecule has 1 saturated heterocycles. The lowest BCUT2D eigenvalue weighted by Gasteiger charge is -2.20. The third-order valence-corrected chi connectivity index (χ3v) is 2.17. The van der Waals surface area contributed by atoms with Crippen LogP contribution in [0.5, 0.6) is 0 Å². The van der Waals surface area contributed by atoms with Crippen molar-refractivity contribution in [3.8, 4) is 0 Å². The minimum absolute atomic E-state index is 0.0430. The van der Waals surface area contributed by atoms with Gasteiger partial charge < -0.3 is 10.1 Å². The molecule has 1 fully saturated rings. The molecule has 0 bridgehead atoms. The van der Waals surface area contributed by atoms with Crippen LogP contribution in [0.25, 0.3) is 10.4 Å². The Morgan fingerprint density at radius 1 is 1.57 bits per heavy atom. The Kier molecular flexibility index (Phi) is 4.82. The van der Waals surface area contributed by atoms with Gasteiger partial charge in [0.25, 0.3) is 0 Å². The van der Waals surface area contributed by atoms with E-state index in [1.807, 2.05) is 0 Å². The summed E-state index contributed by atoms with van der Waals surface area (Å²) in [7, 11) is 0. The van der Waals surface area contributed by atoms with Crippen molar-refractivity contribution >= 4 is 5.91 Å². The van der Waals surface area contributed by atoms with E-state index in [0.29, 0.717) is 26.3 Å². The summed E-state index contributed by atoms with van der Waals surface area (Å²) in [5.41, 5.74) is 8.01. The van der Waals surface area contributed by atoms with Crippen LogP contribution in [0.15, 0.2) is 5.11 Å². The van der Waals surface area contributed by atoms with Gasteiger partial charge in [-0.05, 0) is 18.4 Å². The number of nitrogens with zero attached hydrogens (tertiary/aromatic N) is 3. The van der Waals surface area contributed by atoms with Crippen LogP contribution in [0.1, 0.15) is 12.8 Å². The lowest BCUT2D eigenvalue weighted by atomic mass is 9.99. The first kappa shape index (κ1) is 10.8. The van der Waals surface area contributed by atoms with Crippen molar-refractivity contribution < 1.29 is 9.53 Å². The summed E-state index contributed by atoms with van der Waals surface area (Å²) < 4.78 is 5.15. The molecule has 0 spiro atoms. The van der Waals surface area contributed by atoms with Crippen LogP contribution in [-0.2, 0) is 9.53 Å². The van der Waals surface area contributed by atoms with Crippen LogP contribution in [0.2, 0.25) is 0 Å². The van der Waals surface area contributed by atoms with E-state index in [4.69, 9.17) is 10.3 Å². The Hall–Kier alpha value is -1.26. The Bertz CT molecular complexity index is 231. The van der Waals surface area contributed by atoms with Gasteiger partial charge in [-0.15, -0.1) is 0 Å². The highest BCUT2D eigenvalue weighted by molar-refractivity contribution is 5.78. The summed E-state index contributed by atoms with van der Waals surface area (Å²) in [6, 6.07) is 0. The molecule has 1 amide bonds. The van der Waals surface area contributed by atoms with Crippen LogP contribution in [0, 0.1) is 5.92 Å². The number of azide groups is 1. The van der Waals surface area contributed by atoms with E-state index in [2.05, 4.69) is 15.3 Å². The molecule has 1 rings (SSSR count). The van der Waals surface area contributed by atoms with E-state index in [9.17, 15) is 4.79 Å². The number of carbonyl (C=O) groups is 1. The van der Waals surface area contributed by atoms with Crippen LogP contribution >= 0.6 is 0 Å². The van der Waals surface area contributed by atoms with Crippen molar-refractivity contribution in [3.05, 3.63) is 10.4 Å². The Morgan fingerprint density at radius 3 is 2.93 bits per heavy atom. The molecule has 0 radical (unpaired) electrons. The summed E-state index contributed by atoms with van der Waals surface area (Å²) >= 11 is 0. The lowest BCUT2D eigenvalue weighted by Crippen LogP contribution is -2.35. The first-order chi connectivity index (χ1) is 6.84. The molecular formula is C8H14N4O2. The topological polar surface area (TPSA) is 87.1 Å². The van der Waals surface area contributed by atoms with Gasteiger partial charge in [0.1, 0.15) is 0 Å². The highest BCUT2D eigenvalue weighted by atomic mass is 16.5. The van der Waals surface area contributed by atoms with Crippen molar-refractivity contribution in [3.63, 3.8) is 0 Å². The van der Waals surface area contributed by atoms with Crippen molar-refractivity contribution in [2.75, 3.05) is 26.3 Å². The van der Waals surface area contributed by atoms with E-state index >= 15 is 0 Å². The molecular weight excluding hydrogens is 184 g/mol. The molecule has 6 nitrogen and oxygen atoms in total. The van der Waals surface area contributed by atoms with Gasteiger partial charge in [0, 0.05) is 37.1 Å². The standard InChI is InChI=1S/C8H14N4O2/c9-12-11-4-3-10-8(13)7-1-5-14-6-2-7/h7H,1-6H2,(H,10,13). The van der Waals surface area contributed by atoms with Gasteiger partial charge in [-0.2, -0.15) is 0 Å². The van der Waals surface area contributed by atoms with Crippen molar-refractivity contribution in [1.82, 2.24) is 5.32 Å². The molecule has 1 heterocycles. The van der Waals surface area contributed by atoms with Crippen LogP contribution in [0.3, 0.4) is 0 Å². The smallest absolute Gasteiger partial charge is 0.223 e. The fraction of sp³-hybridized carbons (Fsp3) is 0.875. The quantitative estimate of drug-likeness (QED) is 0.314. The zero-order chi connectivity index (χ0) is 10.2. The molecule has 78 valence electrons. The fourth-order valence-corrected chi connectivity index (χ4v) is 1.38. The number of nitrogens with one attached hydrogen (secondary N) is 1. The molecule has 0 unspecified atom stereocenters. The van der Waals surface area contributed by atoms with Gasteiger partial charge in [0.2, 0.25) is 5.91 Å². The van der Waals surface area contributed by atoms with Crippen LogP contribution in [-0.4, -0.2) is 32.2 Å². The number of amides is 1. The molecule has 0 saturated carbocycles. The summed E-state index contributed by atoms with van der Waals surface area (Å²) in [6.07, 6.45) is 1.57. The SMILES string of the molecule is [N-]=[N+]=NCCNC(=O)C1CCOCC1. The van der Waals surface area contributed by atoms with Gasteiger partial charge in [-0.3, -0.25) is 4.79 Å². The Morgan fingerprint density at radius 2 is 2.29 bits per heavy atom. The maximum atomic E-state index is 11.5. The second-order valence-electron chi connectivity index (χ2n) is 3.13. The van der Waals surface area contributed by atoms with Crippen molar-refractivity contribution in [2.24, 2.45) is 11.0 Å². The largest absolute Gasteiger partial charge is 0.381 e. The average Bonchev–Trinajstić information content (AvgIpc) is 2.25. The van der Waals surface area contributed by atoms with E-state index < -0.39 is 0 Å². The molecule has 6 heteroatoms. The summed E-state index contributed by atoms with van der Waals surface area (Å²) in [5.74, 6) is 0.108. The van der Waals surface area contributed by atoms with Crippen LogP contribution < -0.4 is 5.32 Å². The minimum atomic E-state index is 0.0430. The third-order valence-electron chi connectivity index (χ3n) is 2.17. The average molecular weight is 198 g/mol. The maximum Gasteiger partial charge on any atom is 0.223 e. The predicted molar refractivity (Wildman–Crippen MR) is 50.6 cm³/mol. The number of hydrogen-bond acceptors (Lipinski definition) is 3. The van der Waals surface area contributed by atoms with Crippen molar-refractivity contribution in [2.45, 2.75) is 12.8 Å². The highest BCUT2D eigenvalue weighted by Crippen LogP contribution is 2.14. The van der Waals surface area contributed by atoms with Gasteiger partial charge in [0.05, 0.1) is 0 Å². The van der Waals surface area contributed by atoms with Crippen LogP contribution in [0.4, 0.5) is 0 Å². The normalized spacial score (nSPS) is 17.1. The van der Waals surface area contributed by atoms with Gasteiger partial charge in [0.15, 0.2) is 0 Å². The zero-order valence-electron chi connectivity index (χ0n) is 7.98. The first-order valence-electron chi connectivity index (χ1n) is 4.71. The lowest BCUT2D eigenvalue weighted by molar-refractivity contribution is -0.127. The maximum absolute atomic E-state index is 11.5. The predicted octanol–water partition coefficient (Wildman–Crippen LogP) is 0.840. The van der Waals surface area contributed by atoms with E-state index in [1.54, 1.807) is 0 Å². The number of carbonyl (C=O) groups excluding carboxylic acids is 1. The molecule has 0 atom stereocenters.